The quantitative estimate of drug-likeness (QED) is 0.568. The summed E-state index contributed by atoms with van der Waals surface area (Å²) >= 11 is 0. The Bertz CT molecular complexity index is 249. The van der Waals surface area contributed by atoms with Gasteiger partial charge in [0, 0.05) is 12.1 Å². The minimum Gasteiger partial charge on any atom is -0.453 e. The van der Waals surface area contributed by atoms with E-state index in [0.29, 0.717) is 12.1 Å². The van der Waals surface area contributed by atoms with Crippen LogP contribution in [-0.2, 0) is 4.74 Å². The maximum Gasteiger partial charge on any atom is 0.409 e. The molecule has 0 N–H and O–H groups in total. The van der Waals surface area contributed by atoms with Crippen LogP contribution in [0.5, 0.6) is 0 Å². The maximum atomic E-state index is 11.5. The van der Waals surface area contributed by atoms with Gasteiger partial charge in [-0.2, -0.15) is 0 Å². The van der Waals surface area contributed by atoms with Crippen molar-refractivity contribution in [1.82, 2.24) is 4.90 Å². The molecule has 72 valence electrons. The van der Waals surface area contributed by atoms with Crippen LogP contribution < -0.4 is 0 Å². The molecule has 13 heavy (non-hydrogen) atoms. The average Bonchev–Trinajstić information content (AvgIpc) is 2.54. The lowest BCUT2D eigenvalue weighted by atomic mass is 9.87. The summed E-state index contributed by atoms with van der Waals surface area (Å²) in [7, 11) is 1.49. The van der Waals surface area contributed by atoms with Gasteiger partial charge in [0.05, 0.1) is 7.11 Å². The van der Waals surface area contributed by atoms with Crippen LogP contribution in [-0.4, -0.2) is 30.2 Å². The zero-order valence-corrected chi connectivity index (χ0v) is 7.90. The monoisotopic (exact) mass is 181 g/mol. The predicted octanol–water partition coefficient (Wildman–Crippen LogP) is 1.63. The van der Waals surface area contributed by atoms with Crippen molar-refractivity contribution < 1.29 is 9.53 Å². The molecular weight excluding hydrogens is 166 g/mol. The highest BCUT2D eigenvalue weighted by Crippen LogP contribution is 2.52. The van der Waals surface area contributed by atoms with E-state index in [0.717, 1.165) is 11.8 Å². The first kappa shape index (κ1) is 7.65. The van der Waals surface area contributed by atoms with Crippen molar-refractivity contribution in [3.63, 3.8) is 0 Å². The van der Waals surface area contributed by atoms with Gasteiger partial charge in [-0.3, -0.25) is 0 Å². The zero-order valence-electron chi connectivity index (χ0n) is 7.90. The Hall–Kier alpha value is -0.730. The third-order valence-electron chi connectivity index (χ3n) is 4.07. The summed E-state index contributed by atoms with van der Waals surface area (Å²) in [4.78, 5) is 13.5. The molecule has 3 heteroatoms. The van der Waals surface area contributed by atoms with E-state index in [2.05, 4.69) is 0 Å². The number of carbonyl (C=O) groups excluding carboxylic acids is 1. The third-order valence-corrected chi connectivity index (χ3v) is 4.07. The fraction of sp³-hybridized carbons (Fsp3) is 0.900. The van der Waals surface area contributed by atoms with Gasteiger partial charge in [0.2, 0.25) is 0 Å². The van der Waals surface area contributed by atoms with E-state index in [1.54, 1.807) is 0 Å². The zero-order chi connectivity index (χ0) is 9.00. The molecule has 4 aliphatic rings. The summed E-state index contributed by atoms with van der Waals surface area (Å²) in [5.74, 6) is 1.71. The van der Waals surface area contributed by atoms with E-state index < -0.39 is 0 Å². The van der Waals surface area contributed by atoms with Gasteiger partial charge in [0.15, 0.2) is 0 Å². The van der Waals surface area contributed by atoms with E-state index in [9.17, 15) is 4.79 Å². The second-order valence-electron chi connectivity index (χ2n) is 4.67. The molecule has 2 heterocycles. The Balaban J connectivity index is 1.87. The Morgan fingerprint density at radius 1 is 1.31 bits per heavy atom. The second-order valence-corrected chi connectivity index (χ2v) is 4.67. The molecule has 0 aromatic carbocycles. The SMILES string of the molecule is COC(=O)N1C2CC3CC(C2)C1C3. The minimum absolute atomic E-state index is 0.0992. The van der Waals surface area contributed by atoms with Crippen molar-refractivity contribution in [3.05, 3.63) is 0 Å². The predicted molar refractivity (Wildman–Crippen MR) is 47.3 cm³/mol. The van der Waals surface area contributed by atoms with Crippen LogP contribution in [0.1, 0.15) is 25.7 Å². The molecule has 4 rings (SSSR count). The van der Waals surface area contributed by atoms with E-state index in [1.165, 1.54) is 32.8 Å². The molecule has 4 fully saturated rings. The molecule has 0 radical (unpaired) electrons. The molecule has 4 bridgehead atoms. The molecule has 2 aliphatic carbocycles. The standard InChI is InChI=1S/C10H15NO2/c1-13-10(12)11-8-3-6-2-7(5-8)9(11)4-6/h6-9H,2-5H2,1H3. The van der Waals surface area contributed by atoms with Gasteiger partial charge in [0.1, 0.15) is 0 Å². The third kappa shape index (κ3) is 0.875. The van der Waals surface area contributed by atoms with Crippen LogP contribution in [0.2, 0.25) is 0 Å². The van der Waals surface area contributed by atoms with Crippen LogP contribution >= 0.6 is 0 Å². The van der Waals surface area contributed by atoms with Crippen LogP contribution in [0.3, 0.4) is 0 Å². The van der Waals surface area contributed by atoms with E-state index in [-0.39, 0.29) is 6.09 Å². The van der Waals surface area contributed by atoms with Gasteiger partial charge in [-0.05, 0) is 37.5 Å². The van der Waals surface area contributed by atoms with Crippen LogP contribution in [0.25, 0.3) is 0 Å². The number of methoxy groups -OCH3 is 1. The molecule has 3 nitrogen and oxygen atoms in total. The molecule has 2 aliphatic heterocycles. The lowest BCUT2D eigenvalue weighted by molar-refractivity contribution is 0.0811. The highest BCUT2D eigenvalue weighted by Gasteiger charge is 2.54. The van der Waals surface area contributed by atoms with E-state index in [1.807, 2.05) is 4.90 Å². The van der Waals surface area contributed by atoms with Gasteiger partial charge in [-0.25, -0.2) is 4.79 Å². The lowest BCUT2D eigenvalue weighted by Gasteiger charge is -2.34. The first-order valence-electron chi connectivity index (χ1n) is 5.16. The Labute approximate surface area is 78.0 Å². The summed E-state index contributed by atoms with van der Waals surface area (Å²) < 4.78 is 4.82. The van der Waals surface area contributed by atoms with Crippen LogP contribution in [0, 0.1) is 11.8 Å². The highest BCUT2D eigenvalue weighted by atomic mass is 16.5. The number of hydrogen-bond donors (Lipinski definition) is 0. The highest BCUT2D eigenvalue weighted by molar-refractivity contribution is 5.69. The van der Waals surface area contributed by atoms with Gasteiger partial charge in [0.25, 0.3) is 0 Å². The molecule has 2 saturated carbocycles. The van der Waals surface area contributed by atoms with Crippen molar-refractivity contribution in [2.75, 3.05) is 7.11 Å². The Morgan fingerprint density at radius 2 is 2.15 bits per heavy atom. The van der Waals surface area contributed by atoms with Gasteiger partial charge >= 0.3 is 6.09 Å². The number of nitrogens with zero attached hydrogens (tertiary/aromatic N) is 1. The maximum absolute atomic E-state index is 11.5. The van der Waals surface area contributed by atoms with Crippen molar-refractivity contribution in [2.45, 2.75) is 37.8 Å². The van der Waals surface area contributed by atoms with Crippen LogP contribution in [0.4, 0.5) is 4.79 Å². The first-order valence-corrected chi connectivity index (χ1v) is 5.16. The smallest absolute Gasteiger partial charge is 0.409 e. The van der Waals surface area contributed by atoms with Crippen molar-refractivity contribution in [2.24, 2.45) is 11.8 Å². The molecule has 0 spiro atoms. The lowest BCUT2D eigenvalue weighted by Crippen LogP contribution is -2.44. The summed E-state index contributed by atoms with van der Waals surface area (Å²) in [6.45, 7) is 0. The molecule has 4 unspecified atom stereocenters. The number of amides is 1. The Kier molecular flexibility index (Phi) is 1.41. The molecule has 0 aromatic rings. The molecular formula is C10H15NO2. The minimum atomic E-state index is -0.0992. The fourth-order valence-electron chi connectivity index (χ4n) is 3.72. The van der Waals surface area contributed by atoms with Gasteiger partial charge < -0.3 is 9.64 Å². The normalized spacial score (nSPS) is 45.8. The largest absolute Gasteiger partial charge is 0.453 e. The Morgan fingerprint density at radius 3 is 2.85 bits per heavy atom. The molecule has 4 atom stereocenters. The number of piperidine rings is 1. The van der Waals surface area contributed by atoms with Gasteiger partial charge in [-0.15, -0.1) is 0 Å². The summed E-state index contributed by atoms with van der Waals surface area (Å²) in [6.07, 6.45) is 4.95. The molecule has 2 saturated heterocycles. The number of ether oxygens (including phenoxy) is 1. The first-order chi connectivity index (χ1) is 6.29. The summed E-state index contributed by atoms with van der Waals surface area (Å²) in [6, 6.07) is 1.03. The topological polar surface area (TPSA) is 29.5 Å². The number of hydrogen-bond acceptors (Lipinski definition) is 2. The second kappa shape index (κ2) is 2.40. The van der Waals surface area contributed by atoms with E-state index >= 15 is 0 Å². The van der Waals surface area contributed by atoms with Crippen LogP contribution in [0.15, 0.2) is 0 Å². The summed E-state index contributed by atoms with van der Waals surface area (Å²) in [5.41, 5.74) is 0. The molecule has 1 amide bonds. The fourth-order valence-corrected chi connectivity index (χ4v) is 3.72. The van der Waals surface area contributed by atoms with Crippen molar-refractivity contribution >= 4 is 6.09 Å². The average molecular weight is 181 g/mol. The molecule has 0 aromatic heterocycles. The summed E-state index contributed by atoms with van der Waals surface area (Å²) in [5, 5.41) is 0. The number of rotatable bonds is 0. The van der Waals surface area contributed by atoms with Crippen molar-refractivity contribution in [1.29, 1.82) is 0 Å². The number of carbonyl (C=O) groups is 1. The van der Waals surface area contributed by atoms with E-state index in [4.69, 9.17) is 4.74 Å². The van der Waals surface area contributed by atoms with Crippen molar-refractivity contribution in [3.8, 4) is 0 Å². The van der Waals surface area contributed by atoms with Gasteiger partial charge in [-0.1, -0.05) is 0 Å².